The minimum absolute atomic E-state index is 0.122. The van der Waals surface area contributed by atoms with Gasteiger partial charge < -0.3 is 15.1 Å². The molecule has 2 heterocycles. The Morgan fingerprint density at radius 3 is 2.57 bits per heavy atom. The van der Waals surface area contributed by atoms with Crippen molar-refractivity contribution in [2.45, 2.75) is 38.6 Å². The lowest BCUT2D eigenvalue weighted by Gasteiger charge is -2.41. The van der Waals surface area contributed by atoms with Gasteiger partial charge in [-0.05, 0) is 37.0 Å². The predicted octanol–water partition coefficient (Wildman–Crippen LogP) is 3.66. The van der Waals surface area contributed by atoms with Gasteiger partial charge in [0.05, 0.1) is 12.0 Å². The minimum Gasteiger partial charge on any atom is -0.341 e. The van der Waals surface area contributed by atoms with Crippen LogP contribution in [0.2, 0.25) is 0 Å². The molecule has 2 saturated heterocycles. The molecule has 0 aromatic heterocycles. The van der Waals surface area contributed by atoms with Gasteiger partial charge in [0.2, 0.25) is 5.91 Å². The highest BCUT2D eigenvalue weighted by Crippen LogP contribution is 2.34. The van der Waals surface area contributed by atoms with E-state index >= 15 is 0 Å². The second-order valence-electron chi connectivity index (χ2n) is 7.52. The van der Waals surface area contributed by atoms with Gasteiger partial charge in [0.25, 0.3) is 0 Å². The maximum absolute atomic E-state index is 13.3. The number of carbonyl (C=O) groups is 2. The summed E-state index contributed by atoms with van der Waals surface area (Å²) in [6, 6.07) is 6.11. The summed E-state index contributed by atoms with van der Waals surface area (Å²) >= 11 is 1.88. The molecular formula is C21H30FN3O2S. The van der Waals surface area contributed by atoms with E-state index < -0.39 is 0 Å². The number of hydrogen-bond acceptors (Lipinski definition) is 3. The van der Waals surface area contributed by atoms with Crippen LogP contribution in [0.3, 0.4) is 0 Å². The summed E-state index contributed by atoms with van der Waals surface area (Å²) in [5.74, 6) is 1.70. The molecule has 3 rings (SSSR count). The zero-order chi connectivity index (χ0) is 19.9. The molecule has 1 N–H and O–H groups in total. The molecule has 2 fully saturated rings. The average molecular weight is 408 g/mol. The predicted molar refractivity (Wildman–Crippen MR) is 111 cm³/mol. The number of halogens is 1. The van der Waals surface area contributed by atoms with Gasteiger partial charge in [0, 0.05) is 37.7 Å². The largest absolute Gasteiger partial charge is 0.341 e. The van der Waals surface area contributed by atoms with Crippen LogP contribution >= 0.6 is 11.8 Å². The highest BCUT2D eigenvalue weighted by molar-refractivity contribution is 7.99. The van der Waals surface area contributed by atoms with Gasteiger partial charge >= 0.3 is 6.03 Å². The number of hydrogen-bond donors (Lipinski definition) is 1. The van der Waals surface area contributed by atoms with E-state index in [0.717, 1.165) is 49.4 Å². The van der Waals surface area contributed by atoms with E-state index in [1.54, 1.807) is 17.0 Å². The lowest BCUT2D eigenvalue weighted by molar-refractivity contribution is -0.137. The van der Waals surface area contributed by atoms with Gasteiger partial charge in [-0.3, -0.25) is 4.79 Å². The number of rotatable bonds is 5. The van der Waals surface area contributed by atoms with Crippen LogP contribution in [0.15, 0.2) is 24.3 Å². The third-order valence-electron chi connectivity index (χ3n) is 5.58. The Morgan fingerprint density at radius 2 is 1.89 bits per heavy atom. The van der Waals surface area contributed by atoms with Gasteiger partial charge in [-0.15, -0.1) is 0 Å². The maximum Gasteiger partial charge on any atom is 0.317 e. The first-order chi connectivity index (χ1) is 13.6. The molecule has 0 radical (unpaired) electrons. The summed E-state index contributed by atoms with van der Waals surface area (Å²) in [7, 11) is 0. The Morgan fingerprint density at radius 1 is 1.18 bits per heavy atom. The summed E-state index contributed by atoms with van der Waals surface area (Å²) in [6.07, 6.45) is 3.40. The smallest absolute Gasteiger partial charge is 0.317 e. The molecule has 2 aliphatic heterocycles. The third-order valence-corrected chi connectivity index (χ3v) is 6.52. The van der Waals surface area contributed by atoms with Crippen molar-refractivity contribution in [2.75, 3.05) is 37.7 Å². The Balaban J connectivity index is 1.73. The van der Waals surface area contributed by atoms with Crippen molar-refractivity contribution in [1.29, 1.82) is 0 Å². The van der Waals surface area contributed by atoms with Crippen LogP contribution in [-0.2, 0) is 4.79 Å². The van der Waals surface area contributed by atoms with Crippen LogP contribution in [-0.4, -0.2) is 59.4 Å². The number of nitrogens with one attached hydrogen (secondary N) is 1. The molecule has 28 heavy (non-hydrogen) atoms. The fraction of sp³-hybridized carbons (Fsp3) is 0.619. The Hall–Kier alpha value is -1.76. The van der Waals surface area contributed by atoms with E-state index in [4.69, 9.17) is 0 Å². The first-order valence-corrected chi connectivity index (χ1v) is 11.4. The normalized spacial score (nSPS) is 22.8. The topological polar surface area (TPSA) is 52.7 Å². The molecule has 5 nitrogen and oxygen atoms in total. The van der Waals surface area contributed by atoms with E-state index in [1.165, 1.54) is 12.1 Å². The fourth-order valence-electron chi connectivity index (χ4n) is 3.94. The van der Waals surface area contributed by atoms with Gasteiger partial charge in [-0.2, -0.15) is 11.8 Å². The number of benzene rings is 1. The fourth-order valence-corrected chi connectivity index (χ4v) is 4.85. The molecule has 7 heteroatoms. The molecule has 2 aliphatic rings. The molecule has 0 spiro atoms. The molecular weight excluding hydrogens is 377 g/mol. The molecule has 0 saturated carbocycles. The summed E-state index contributed by atoms with van der Waals surface area (Å²) in [4.78, 5) is 29.6. The molecule has 0 unspecified atom stereocenters. The number of piperidine rings is 1. The van der Waals surface area contributed by atoms with Gasteiger partial charge in [0.15, 0.2) is 0 Å². The lowest BCUT2D eigenvalue weighted by Crippen LogP contribution is -2.52. The molecule has 154 valence electrons. The SMILES string of the molecule is CCCCNC(=O)N1C[C@H](C(=O)N2CCSCC2)CC[C@@H]1c1ccc(F)cc1. The van der Waals surface area contributed by atoms with Crippen molar-refractivity contribution in [3.63, 3.8) is 0 Å². The highest BCUT2D eigenvalue weighted by atomic mass is 32.2. The number of nitrogens with zero attached hydrogens (tertiary/aromatic N) is 2. The Bertz CT molecular complexity index is 664. The summed E-state index contributed by atoms with van der Waals surface area (Å²) < 4.78 is 13.3. The number of carbonyl (C=O) groups excluding carboxylic acids is 2. The molecule has 2 atom stereocenters. The zero-order valence-corrected chi connectivity index (χ0v) is 17.3. The van der Waals surface area contributed by atoms with Crippen LogP contribution in [0, 0.1) is 11.7 Å². The zero-order valence-electron chi connectivity index (χ0n) is 16.5. The average Bonchev–Trinajstić information content (AvgIpc) is 2.74. The van der Waals surface area contributed by atoms with Gasteiger partial charge in [-0.1, -0.05) is 25.5 Å². The maximum atomic E-state index is 13.3. The van der Waals surface area contributed by atoms with Gasteiger partial charge in [-0.25, -0.2) is 9.18 Å². The summed E-state index contributed by atoms with van der Waals surface area (Å²) in [5.41, 5.74) is 0.923. The van der Waals surface area contributed by atoms with Gasteiger partial charge in [0.1, 0.15) is 5.82 Å². The Kier molecular flexibility index (Phi) is 7.59. The van der Waals surface area contributed by atoms with Crippen LogP contribution in [0.1, 0.15) is 44.2 Å². The lowest BCUT2D eigenvalue weighted by atomic mass is 9.88. The second kappa shape index (κ2) is 10.1. The standard InChI is InChI=1S/C21H30FN3O2S/c1-2-3-10-23-21(27)25-15-17(20(26)24-11-13-28-14-12-24)6-9-19(25)16-4-7-18(22)8-5-16/h4-5,7-8,17,19H,2-3,6,9-15H2,1H3,(H,23,27)/t17-,19-/m1/s1. The van der Waals surface area contributed by atoms with Crippen molar-refractivity contribution < 1.29 is 14.0 Å². The molecule has 0 aliphatic carbocycles. The van der Waals surface area contributed by atoms with Crippen LogP contribution in [0.4, 0.5) is 9.18 Å². The van der Waals surface area contributed by atoms with E-state index in [0.29, 0.717) is 19.5 Å². The van der Waals surface area contributed by atoms with Crippen LogP contribution in [0.5, 0.6) is 0 Å². The monoisotopic (exact) mass is 407 g/mol. The molecule has 1 aromatic rings. The number of urea groups is 1. The minimum atomic E-state index is -0.283. The molecule has 0 bridgehead atoms. The second-order valence-corrected chi connectivity index (χ2v) is 8.74. The van der Waals surface area contributed by atoms with Crippen molar-refractivity contribution >= 4 is 23.7 Å². The molecule has 3 amide bonds. The first kappa shape index (κ1) is 21.0. The number of thioether (sulfide) groups is 1. The first-order valence-electron chi connectivity index (χ1n) is 10.3. The third kappa shape index (κ3) is 5.19. The van der Waals surface area contributed by atoms with Crippen molar-refractivity contribution in [2.24, 2.45) is 5.92 Å². The van der Waals surface area contributed by atoms with Crippen molar-refractivity contribution in [3.05, 3.63) is 35.6 Å². The molecule has 1 aromatic carbocycles. The summed E-state index contributed by atoms with van der Waals surface area (Å²) in [5, 5.41) is 2.99. The highest BCUT2D eigenvalue weighted by Gasteiger charge is 2.37. The van der Waals surface area contributed by atoms with Crippen LogP contribution < -0.4 is 5.32 Å². The summed E-state index contributed by atoms with van der Waals surface area (Å²) in [6.45, 7) is 4.72. The quantitative estimate of drug-likeness (QED) is 0.758. The van der Waals surface area contributed by atoms with E-state index in [9.17, 15) is 14.0 Å². The van der Waals surface area contributed by atoms with Crippen molar-refractivity contribution in [1.82, 2.24) is 15.1 Å². The number of likely N-dealkylation sites (tertiary alicyclic amines) is 1. The Labute approximate surface area is 171 Å². The van der Waals surface area contributed by atoms with E-state index in [2.05, 4.69) is 12.2 Å². The van der Waals surface area contributed by atoms with E-state index in [-0.39, 0.29) is 29.7 Å². The number of unbranched alkanes of at least 4 members (excludes halogenated alkanes) is 1. The van der Waals surface area contributed by atoms with Crippen molar-refractivity contribution in [3.8, 4) is 0 Å². The van der Waals surface area contributed by atoms with Crippen LogP contribution in [0.25, 0.3) is 0 Å². The van der Waals surface area contributed by atoms with E-state index in [1.807, 2.05) is 16.7 Å². The number of amides is 3.